The zero-order valence-electron chi connectivity index (χ0n) is 11.5. The Morgan fingerprint density at radius 3 is 2.73 bits per heavy atom. The monoisotopic (exact) mass is 315 g/mol. The van der Waals surface area contributed by atoms with Crippen molar-refractivity contribution in [1.29, 1.82) is 0 Å². The summed E-state index contributed by atoms with van der Waals surface area (Å²) in [5.74, 6) is -3.05. The molecule has 11 heteroatoms. The number of amides is 1. The van der Waals surface area contributed by atoms with Crippen molar-refractivity contribution >= 4 is 11.9 Å². The number of ether oxygens (including phenoxy) is 1. The predicted octanol–water partition coefficient (Wildman–Crippen LogP) is -3.08. The predicted molar refractivity (Wildman–Crippen MR) is 67.6 cm³/mol. The fourth-order valence-corrected chi connectivity index (χ4v) is 1.96. The molecule has 0 saturated heterocycles. The number of aliphatic hydroxyl groups is 3. The summed E-state index contributed by atoms with van der Waals surface area (Å²) < 4.78 is 4.97. The van der Waals surface area contributed by atoms with Crippen molar-refractivity contribution in [1.82, 2.24) is 5.32 Å². The molecule has 0 bridgehead atoms. The lowest BCUT2D eigenvalue weighted by Crippen LogP contribution is -2.60. The molecule has 0 aromatic carbocycles. The molecule has 1 unspecified atom stereocenters. The van der Waals surface area contributed by atoms with Crippen LogP contribution in [0.15, 0.2) is 16.9 Å². The Kier molecular flexibility index (Phi) is 6.13. The number of carbonyl (C=O) groups is 2. The Hall–Kier alpha value is -2.33. The van der Waals surface area contributed by atoms with Crippen LogP contribution in [-0.4, -0.2) is 64.2 Å². The van der Waals surface area contributed by atoms with Gasteiger partial charge in [-0.3, -0.25) is 4.79 Å². The van der Waals surface area contributed by atoms with E-state index < -0.39 is 54.6 Å². The number of hydrogen-bond acceptors (Lipinski definition) is 8. The molecule has 0 spiro atoms. The fraction of sp³-hybridized carbons (Fsp3) is 0.636. The minimum Gasteiger partial charge on any atom is -0.542 e. The van der Waals surface area contributed by atoms with Gasteiger partial charge in [-0.25, -0.2) is 0 Å². The summed E-state index contributed by atoms with van der Waals surface area (Å²) in [5, 5.41) is 45.8. The van der Waals surface area contributed by atoms with Crippen molar-refractivity contribution in [2.24, 2.45) is 5.11 Å². The molecule has 0 aromatic heterocycles. The largest absolute Gasteiger partial charge is 0.542 e. The van der Waals surface area contributed by atoms with Gasteiger partial charge in [0, 0.05) is 11.8 Å². The SMILES string of the molecule is CC(=O)N[C@H]1C([C@H](O)[C@H](O)CN=[N+]=[N-])OC(C(=O)[O-])=C[C@H]1O. The van der Waals surface area contributed by atoms with Crippen LogP contribution in [0, 0.1) is 0 Å². The molecule has 0 fully saturated rings. The maximum atomic E-state index is 11.1. The van der Waals surface area contributed by atoms with Crippen molar-refractivity contribution in [3.8, 4) is 0 Å². The molecule has 1 heterocycles. The molecule has 0 aromatic rings. The van der Waals surface area contributed by atoms with Gasteiger partial charge in [0.25, 0.3) is 0 Å². The van der Waals surface area contributed by atoms with Gasteiger partial charge in [-0.2, -0.15) is 0 Å². The van der Waals surface area contributed by atoms with E-state index in [2.05, 4.69) is 15.3 Å². The standard InChI is InChI=1S/C11H16N4O7/c1-4(16)14-8-5(17)2-7(11(20)21)22-10(8)9(19)6(18)3-13-15-12/h2,5-6,8-10,17-19H,3H2,1H3,(H,14,16)(H,20,21)/p-1/t5-,6-,8-,9-,10?/m1/s1. The number of nitrogens with one attached hydrogen (secondary N) is 1. The van der Waals surface area contributed by atoms with Crippen molar-refractivity contribution in [2.45, 2.75) is 37.4 Å². The lowest BCUT2D eigenvalue weighted by Gasteiger charge is -2.39. The molecule has 1 rings (SSSR count). The third kappa shape index (κ3) is 4.33. The van der Waals surface area contributed by atoms with Gasteiger partial charge in [0.05, 0.1) is 24.8 Å². The summed E-state index contributed by atoms with van der Waals surface area (Å²) in [6.07, 6.45) is -5.50. The number of azide groups is 1. The molecule has 122 valence electrons. The molecular weight excluding hydrogens is 300 g/mol. The second-order valence-corrected chi connectivity index (χ2v) is 4.59. The zero-order chi connectivity index (χ0) is 16.9. The minimum atomic E-state index is -1.74. The number of aliphatic hydroxyl groups excluding tert-OH is 3. The third-order valence-corrected chi connectivity index (χ3v) is 2.94. The quantitative estimate of drug-likeness (QED) is 0.227. The first-order valence-electron chi connectivity index (χ1n) is 6.20. The van der Waals surface area contributed by atoms with Gasteiger partial charge < -0.3 is 35.3 Å². The van der Waals surface area contributed by atoms with E-state index >= 15 is 0 Å². The smallest absolute Gasteiger partial charge is 0.217 e. The first-order chi connectivity index (χ1) is 10.3. The van der Waals surface area contributed by atoms with Gasteiger partial charge in [0.2, 0.25) is 5.91 Å². The van der Waals surface area contributed by atoms with Crippen LogP contribution in [0.2, 0.25) is 0 Å². The lowest BCUT2D eigenvalue weighted by molar-refractivity contribution is -0.305. The summed E-state index contributed by atoms with van der Waals surface area (Å²) in [6.45, 7) is 0.634. The first kappa shape index (κ1) is 17.7. The van der Waals surface area contributed by atoms with E-state index in [1.54, 1.807) is 0 Å². The normalized spacial score (nSPS) is 26.7. The van der Waals surface area contributed by atoms with E-state index in [4.69, 9.17) is 10.3 Å². The van der Waals surface area contributed by atoms with E-state index in [1.165, 1.54) is 0 Å². The number of carboxylic acid groups (broad SMARTS) is 1. The molecule has 1 aliphatic rings. The van der Waals surface area contributed by atoms with Crippen LogP contribution in [0.25, 0.3) is 10.4 Å². The highest BCUT2D eigenvalue weighted by Gasteiger charge is 2.41. The molecule has 1 aliphatic heterocycles. The summed E-state index contributed by atoms with van der Waals surface area (Å²) in [7, 11) is 0. The van der Waals surface area contributed by atoms with Gasteiger partial charge in [0.1, 0.15) is 23.9 Å². The highest BCUT2D eigenvalue weighted by Crippen LogP contribution is 2.22. The Morgan fingerprint density at radius 2 is 2.23 bits per heavy atom. The van der Waals surface area contributed by atoms with Crippen molar-refractivity contribution < 1.29 is 34.8 Å². The molecule has 1 amide bonds. The second-order valence-electron chi connectivity index (χ2n) is 4.59. The summed E-state index contributed by atoms with van der Waals surface area (Å²) in [6, 6.07) is -1.21. The van der Waals surface area contributed by atoms with Crippen LogP contribution in [0.5, 0.6) is 0 Å². The van der Waals surface area contributed by atoms with Gasteiger partial charge >= 0.3 is 0 Å². The minimum absolute atomic E-state index is 0.509. The fourth-order valence-electron chi connectivity index (χ4n) is 1.96. The molecule has 4 N–H and O–H groups in total. The first-order valence-corrected chi connectivity index (χ1v) is 6.20. The third-order valence-electron chi connectivity index (χ3n) is 2.94. The van der Waals surface area contributed by atoms with E-state index in [9.17, 15) is 30.0 Å². The molecule has 22 heavy (non-hydrogen) atoms. The molecule has 0 aliphatic carbocycles. The average molecular weight is 315 g/mol. The van der Waals surface area contributed by atoms with Crippen LogP contribution in [0.1, 0.15) is 6.92 Å². The highest BCUT2D eigenvalue weighted by atomic mass is 16.5. The molecule has 0 saturated carbocycles. The van der Waals surface area contributed by atoms with E-state index in [0.29, 0.717) is 0 Å². The zero-order valence-corrected chi connectivity index (χ0v) is 11.5. The van der Waals surface area contributed by atoms with E-state index in [0.717, 1.165) is 13.0 Å². The number of hydrogen-bond donors (Lipinski definition) is 4. The number of carboxylic acids is 1. The molecular formula is C11H15N4O7-. The Morgan fingerprint density at radius 1 is 1.59 bits per heavy atom. The molecule has 11 nitrogen and oxygen atoms in total. The lowest BCUT2D eigenvalue weighted by atomic mass is 9.93. The molecule has 5 atom stereocenters. The Balaban J connectivity index is 3.03. The van der Waals surface area contributed by atoms with Crippen molar-refractivity contribution in [2.75, 3.05) is 6.54 Å². The number of carbonyl (C=O) groups excluding carboxylic acids is 2. The summed E-state index contributed by atoms with van der Waals surface area (Å²) >= 11 is 0. The highest BCUT2D eigenvalue weighted by molar-refractivity contribution is 5.82. The van der Waals surface area contributed by atoms with Crippen LogP contribution >= 0.6 is 0 Å². The van der Waals surface area contributed by atoms with E-state index in [-0.39, 0.29) is 0 Å². The van der Waals surface area contributed by atoms with E-state index in [1.807, 2.05) is 0 Å². The number of nitrogens with zero attached hydrogens (tertiary/aromatic N) is 3. The molecule has 0 radical (unpaired) electrons. The van der Waals surface area contributed by atoms with Gasteiger partial charge in [-0.1, -0.05) is 5.11 Å². The van der Waals surface area contributed by atoms with Crippen LogP contribution in [0.4, 0.5) is 0 Å². The second kappa shape index (κ2) is 7.61. The van der Waals surface area contributed by atoms with Crippen molar-refractivity contribution in [3.05, 3.63) is 22.3 Å². The Labute approximate surface area is 124 Å². The van der Waals surface area contributed by atoms with Gasteiger partial charge in [-0.15, -0.1) is 0 Å². The maximum absolute atomic E-state index is 11.1. The maximum Gasteiger partial charge on any atom is 0.217 e. The summed E-state index contributed by atoms with van der Waals surface area (Å²) in [4.78, 5) is 24.4. The average Bonchev–Trinajstić information content (AvgIpc) is 2.45. The topological polar surface area (TPSA) is 188 Å². The Bertz CT molecular complexity index is 517. The van der Waals surface area contributed by atoms with Crippen LogP contribution in [-0.2, 0) is 14.3 Å². The van der Waals surface area contributed by atoms with Gasteiger partial charge in [0.15, 0.2) is 0 Å². The van der Waals surface area contributed by atoms with Gasteiger partial charge in [-0.05, 0) is 11.6 Å². The number of rotatable bonds is 6. The van der Waals surface area contributed by atoms with Crippen LogP contribution < -0.4 is 10.4 Å². The van der Waals surface area contributed by atoms with Crippen molar-refractivity contribution in [3.63, 3.8) is 0 Å². The number of aliphatic carboxylic acids is 1. The van der Waals surface area contributed by atoms with Crippen LogP contribution in [0.3, 0.4) is 0 Å². The summed E-state index contributed by atoms with van der Waals surface area (Å²) in [5.41, 5.74) is 8.18.